The normalized spacial score (nSPS) is 11.1. The Balaban J connectivity index is 2.77. The van der Waals surface area contributed by atoms with E-state index in [-0.39, 0.29) is 11.3 Å². The van der Waals surface area contributed by atoms with Crippen LogP contribution in [0, 0.1) is 5.41 Å². The molecule has 1 aromatic carbocycles. The van der Waals surface area contributed by atoms with Crippen molar-refractivity contribution in [3.05, 3.63) is 23.8 Å². The lowest BCUT2D eigenvalue weighted by Gasteiger charge is -2.24. The molecule has 1 amide bonds. The molecule has 0 aliphatic rings. The van der Waals surface area contributed by atoms with E-state index in [1.807, 2.05) is 0 Å². The van der Waals surface area contributed by atoms with Crippen LogP contribution in [-0.2, 0) is 0 Å². The highest BCUT2D eigenvalue weighted by molar-refractivity contribution is 9.09. The Morgan fingerprint density at radius 1 is 1.30 bits per heavy atom. The van der Waals surface area contributed by atoms with E-state index in [1.54, 1.807) is 32.4 Å². The van der Waals surface area contributed by atoms with Crippen LogP contribution in [0.5, 0.6) is 11.5 Å². The van der Waals surface area contributed by atoms with Crippen LogP contribution in [0.3, 0.4) is 0 Å². The van der Waals surface area contributed by atoms with E-state index in [9.17, 15) is 4.79 Å². The highest BCUT2D eigenvalue weighted by Gasteiger charge is 2.20. The summed E-state index contributed by atoms with van der Waals surface area (Å²) in [6.45, 7) is 4.87. The third kappa shape index (κ3) is 4.71. The highest BCUT2D eigenvalue weighted by atomic mass is 79.9. The summed E-state index contributed by atoms with van der Waals surface area (Å²) in [5.74, 6) is 1.05. The maximum Gasteiger partial charge on any atom is 0.255 e. The standard InChI is InChI=1S/C15H22BrNO3/c1-15(2,7-8-16)10-17-14(18)12-6-5-11(19-3)9-13(12)20-4/h5-6,9H,7-8,10H2,1-4H3,(H,17,18). The predicted molar refractivity (Wildman–Crippen MR) is 84.1 cm³/mol. The number of nitrogens with one attached hydrogen (secondary N) is 1. The van der Waals surface area contributed by atoms with E-state index < -0.39 is 0 Å². The molecule has 20 heavy (non-hydrogen) atoms. The molecule has 4 nitrogen and oxygen atoms in total. The molecule has 0 saturated heterocycles. The fourth-order valence-corrected chi connectivity index (χ4v) is 2.82. The smallest absolute Gasteiger partial charge is 0.255 e. The van der Waals surface area contributed by atoms with E-state index in [2.05, 4.69) is 35.1 Å². The van der Waals surface area contributed by atoms with E-state index in [0.717, 1.165) is 11.8 Å². The fourth-order valence-electron chi connectivity index (χ4n) is 1.75. The Morgan fingerprint density at radius 3 is 2.55 bits per heavy atom. The van der Waals surface area contributed by atoms with Crippen molar-refractivity contribution in [2.75, 3.05) is 26.1 Å². The molecule has 1 aromatic rings. The number of rotatable bonds is 7. The van der Waals surface area contributed by atoms with E-state index >= 15 is 0 Å². The number of hydrogen-bond acceptors (Lipinski definition) is 3. The third-order valence-corrected chi connectivity index (χ3v) is 3.55. The van der Waals surface area contributed by atoms with Gasteiger partial charge in [-0.15, -0.1) is 0 Å². The molecule has 0 aliphatic heterocycles. The van der Waals surface area contributed by atoms with Gasteiger partial charge in [0.25, 0.3) is 5.91 Å². The van der Waals surface area contributed by atoms with Crippen LogP contribution in [0.1, 0.15) is 30.6 Å². The third-order valence-electron chi connectivity index (χ3n) is 3.15. The molecule has 0 fully saturated rings. The zero-order valence-electron chi connectivity index (χ0n) is 12.5. The molecule has 0 aliphatic carbocycles. The maximum absolute atomic E-state index is 12.2. The highest BCUT2D eigenvalue weighted by Crippen LogP contribution is 2.25. The predicted octanol–water partition coefficient (Wildman–Crippen LogP) is 3.24. The Hall–Kier alpha value is -1.23. The van der Waals surface area contributed by atoms with E-state index in [1.165, 1.54) is 0 Å². The van der Waals surface area contributed by atoms with Crippen molar-refractivity contribution >= 4 is 21.8 Å². The second-order valence-electron chi connectivity index (χ2n) is 5.35. The Morgan fingerprint density at radius 2 is 2.00 bits per heavy atom. The SMILES string of the molecule is COc1ccc(C(=O)NCC(C)(C)CCBr)c(OC)c1. The lowest BCUT2D eigenvalue weighted by atomic mass is 9.90. The van der Waals surface area contributed by atoms with Gasteiger partial charge in [0.1, 0.15) is 11.5 Å². The molecule has 0 spiro atoms. The van der Waals surface area contributed by atoms with Gasteiger partial charge >= 0.3 is 0 Å². The number of ether oxygens (including phenoxy) is 2. The summed E-state index contributed by atoms with van der Waals surface area (Å²) in [5, 5.41) is 3.87. The molecule has 5 heteroatoms. The molecular weight excluding hydrogens is 322 g/mol. The summed E-state index contributed by atoms with van der Waals surface area (Å²) in [7, 11) is 3.12. The minimum atomic E-state index is -0.132. The molecule has 0 atom stereocenters. The van der Waals surface area contributed by atoms with Gasteiger partial charge in [0.15, 0.2) is 0 Å². The molecule has 1 rings (SSSR count). The summed E-state index contributed by atoms with van der Waals surface area (Å²) in [5.41, 5.74) is 0.571. The lowest BCUT2D eigenvalue weighted by Crippen LogP contribution is -2.34. The first kappa shape index (κ1) is 16.8. The first-order chi connectivity index (χ1) is 9.43. The average Bonchev–Trinajstić information content (AvgIpc) is 2.44. The van der Waals surface area contributed by atoms with Crippen LogP contribution < -0.4 is 14.8 Å². The summed E-state index contributed by atoms with van der Waals surface area (Å²) >= 11 is 3.43. The van der Waals surface area contributed by atoms with Crippen molar-refractivity contribution in [1.29, 1.82) is 0 Å². The monoisotopic (exact) mass is 343 g/mol. The van der Waals surface area contributed by atoms with Crippen molar-refractivity contribution in [3.63, 3.8) is 0 Å². The van der Waals surface area contributed by atoms with Gasteiger partial charge in [-0.1, -0.05) is 29.8 Å². The van der Waals surface area contributed by atoms with Crippen molar-refractivity contribution in [3.8, 4) is 11.5 Å². The van der Waals surface area contributed by atoms with E-state index in [0.29, 0.717) is 23.6 Å². The van der Waals surface area contributed by atoms with Crippen LogP contribution in [0.25, 0.3) is 0 Å². The molecule has 0 bridgehead atoms. The maximum atomic E-state index is 12.2. The van der Waals surface area contributed by atoms with Crippen molar-refractivity contribution in [2.24, 2.45) is 5.41 Å². The Kier molecular flexibility index (Phi) is 6.33. The van der Waals surface area contributed by atoms with Gasteiger partial charge in [0, 0.05) is 17.9 Å². The van der Waals surface area contributed by atoms with Gasteiger partial charge in [-0.05, 0) is 24.0 Å². The van der Waals surface area contributed by atoms with Crippen LogP contribution in [0.4, 0.5) is 0 Å². The molecule has 0 unspecified atom stereocenters. The minimum Gasteiger partial charge on any atom is -0.497 e. The molecule has 0 saturated carbocycles. The van der Waals surface area contributed by atoms with Crippen molar-refractivity contribution < 1.29 is 14.3 Å². The summed E-state index contributed by atoms with van der Waals surface area (Å²) in [6.07, 6.45) is 0.993. The minimum absolute atomic E-state index is 0.0544. The summed E-state index contributed by atoms with van der Waals surface area (Å²) in [6, 6.07) is 5.17. The lowest BCUT2D eigenvalue weighted by molar-refractivity contribution is 0.0933. The van der Waals surface area contributed by atoms with Crippen LogP contribution in [0.15, 0.2) is 18.2 Å². The van der Waals surface area contributed by atoms with Gasteiger partial charge in [-0.25, -0.2) is 0 Å². The first-order valence-electron chi connectivity index (χ1n) is 6.49. The summed E-state index contributed by atoms with van der Waals surface area (Å²) < 4.78 is 10.4. The first-order valence-corrected chi connectivity index (χ1v) is 7.62. The molecule has 112 valence electrons. The zero-order valence-corrected chi connectivity index (χ0v) is 14.0. The Bertz CT molecular complexity index is 460. The zero-order chi connectivity index (χ0) is 15.2. The number of hydrogen-bond donors (Lipinski definition) is 1. The molecular formula is C15H22BrNO3. The van der Waals surface area contributed by atoms with Crippen LogP contribution in [-0.4, -0.2) is 32.0 Å². The van der Waals surface area contributed by atoms with Crippen molar-refractivity contribution in [2.45, 2.75) is 20.3 Å². The van der Waals surface area contributed by atoms with Crippen LogP contribution >= 0.6 is 15.9 Å². The van der Waals surface area contributed by atoms with Gasteiger partial charge in [0.2, 0.25) is 0 Å². The number of carbonyl (C=O) groups is 1. The van der Waals surface area contributed by atoms with Gasteiger partial charge in [-0.2, -0.15) is 0 Å². The fraction of sp³-hybridized carbons (Fsp3) is 0.533. The number of methoxy groups -OCH3 is 2. The number of carbonyl (C=O) groups excluding carboxylic acids is 1. The van der Waals surface area contributed by atoms with Crippen molar-refractivity contribution in [1.82, 2.24) is 5.32 Å². The number of benzene rings is 1. The van der Waals surface area contributed by atoms with Gasteiger partial charge in [-0.3, -0.25) is 4.79 Å². The van der Waals surface area contributed by atoms with Crippen LogP contribution in [0.2, 0.25) is 0 Å². The second kappa shape index (κ2) is 7.53. The van der Waals surface area contributed by atoms with Gasteiger partial charge in [0.05, 0.1) is 19.8 Å². The quantitative estimate of drug-likeness (QED) is 0.773. The average molecular weight is 344 g/mol. The summed E-state index contributed by atoms with van der Waals surface area (Å²) in [4.78, 5) is 12.2. The number of halogens is 1. The molecule has 0 heterocycles. The Labute approximate surface area is 129 Å². The van der Waals surface area contributed by atoms with Gasteiger partial charge < -0.3 is 14.8 Å². The molecule has 0 aromatic heterocycles. The topological polar surface area (TPSA) is 47.6 Å². The number of amides is 1. The largest absolute Gasteiger partial charge is 0.497 e. The molecule has 1 N–H and O–H groups in total. The van der Waals surface area contributed by atoms with E-state index in [4.69, 9.17) is 9.47 Å². The number of alkyl halides is 1. The molecule has 0 radical (unpaired) electrons. The second-order valence-corrected chi connectivity index (χ2v) is 6.15.